The van der Waals surface area contributed by atoms with Crippen molar-refractivity contribution in [3.8, 4) is 22.8 Å². The molecule has 1 aliphatic heterocycles. The highest BCUT2D eigenvalue weighted by molar-refractivity contribution is 7.07. The summed E-state index contributed by atoms with van der Waals surface area (Å²) in [6, 6.07) is 23.8. The van der Waals surface area contributed by atoms with E-state index in [1.54, 1.807) is 55.2 Å². The maximum atomic E-state index is 14.1. The Labute approximate surface area is 250 Å². The zero-order valence-corrected chi connectivity index (χ0v) is 24.2. The first-order chi connectivity index (χ1) is 21.0. The molecule has 1 atom stereocenters. The van der Waals surface area contributed by atoms with Gasteiger partial charge < -0.3 is 19.0 Å². The summed E-state index contributed by atoms with van der Waals surface area (Å²) in [6.07, 6.45) is 3.31. The number of benzene rings is 3. The molecule has 0 amide bonds. The molecule has 7 rings (SSSR count). The van der Waals surface area contributed by atoms with Crippen LogP contribution < -0.4 is 24.4 Å². The third-order valence-electron chi connectivity index (χ3n) is 7.92. The lowest BCUT2D eigenvalue weighted by molar-refractivity contribution is 0.0697. The van der Waals surface area contributed by atoms with Gasteiger partial charge in [-0.05, 0) is 59.9 Å². The summed E-state index contributed by atoms with van der Waals surface area (Å²) in [5, 5.41) is 9.61. The minimum absolute atomic E-state index is 0.142. The molecule has 0 bridgehead atoms. The van der Waals surface area contributed by atoms with Crippen molar-refractivity contribution in [1.82, 2.24) is 4.57 Å². The molecule has 2 aliphatic rings. The van der Waals surface area contributed by atoms with Crippen molar-refractivity contribution in [2.45, 2.75) is 18.9 Å². The van der Waals surface area contributed by atoms with Crippen LogP contribution in [0.4, 0.5) is 0 Å². The Bertz CT molecular complexity index is 2130. The SMILES string of the molecule is COc1ccc(C2C3=C(N=c4sc(=Cc5ccc(-c6ccccc6C(=O)O)o5)c(=O)n42)c2ccccc2CC3)cc1OC. The first-order valence-corrected chi connectivity index (χ1v) is 14.6. The lowest BCUT2D eigenvalue weighted by Crippen LogP contribution is -2.38. The Balaban J connectivity index is 1.40. The van der Waals surface area contributed by atoms with Crippen LogP contribution >= 0.6 is 11.3 Å². The van der Waals surface area contributed by atoms with Gasteiger partial charge in [0.15, 0.2) is 16.3 Å². The molecular weight excluding hydrogens is 564 g/mol. The number of furan rings is 1. The van der Waals surface area contributed by atoms with Gasteiger partial charge in [-0.25, -0.2) is 9.79 Å². The molecule has 0 saturated carbocycles. The van der Waals surface area contributed by atoms with Crippen LogP contribution in [0.25, 0.3) is 23.1 Å². The Kier molecular flexibility index (Phi) is 6.59. The van der Waals surface area contributed by atoms with E-state index in [1.807, 2.05) is 30.3 Å². The highest BCUT2D eigenvalue weighted by Gasteiger charge is 2.33. The van der Waals surface area contributed by atoms with E-state index in [9.17, 15) is 14.7 Å². The van der Waals surface area contributed by atoms with Crippen LogP contribution in [0.3, 0.4) is 0 Å². The summed E-state index contributed by atoms with van der Waals surface area (Å²) < 4.78 is 19.3. The second kappa shape index (κ2) is 10.6. The van der Waals surface area contributed by atoms with Crippen LogP contribution in [0, 0.1) is 0 Å². The van der Waals surface area contributed by atoms with E-state index in [0.29, 0.717) is 37.9 Å². The quantitative estimate of drug-likeness (QED) is 0.288. The second-order valence-corrected chi connectivity index (χ2v) is 11.3. The van der Waals surface area contributed by atoms with E-state index >= 15 is 0 Å². The number of fused-ring (bicyclic) bond motifs is 3. The molecule has 5 aromatic rings. The molecule has 3 aromatic carbocycles. The molecule has 1 unspecified atom stereocenters. The molecule has 214 valence electrons. The number of carboxylic acids is 1. The summed E-state index contributed by atoms with van der Waals surface area (Å²) in [5.41, 5.74) is 5.63. The first kappa shape index (κ1) is 26.7. The molecule has 3 heterocycles. The summed E-state index contributed by atoms with van der Waals surface area (Å²) in [5.74, 6) is 1.01. The van der Waals surface area contributed by atoms with Crippen LogP contribution in [-0.2, 0) is 6.42 Å². The van der Waals surface area contributed by atoms with E-state index in [-0.39, 0.29) is 17.2 Å². The monoisotopic (exact) mass is 590 g/mol. The normalized spacial score (nSPS) is 15.8. The maximum absolute atomic E-state index is 14.1. The highest BCUT2D eigenvalue weighted by Crippen LogP contribution is 2.42. The van der Waals surface area contributed by atoms with Gasteiger partial charge in [-0.3, -0.25) is 9.36 Å². The third kappa shape index (κ3) is 4.49. The summed E-state index contributed by atoms with van der Waals surface area (Å²) >= 11 is 1.30. The topological polar surface area (TPSA) is 103 Å². The molecule has 0 spiro atoms. The number of nitrogens with zero attached hydrogens (tertiary/aromatic N) is 2. The van der Waals surface area contributed by atoms with Gasteiger partial charge >= 0.3 is 5.97 Å². The number of carbonyl (C=O) groups is 1. The Hall–Kier alpha value is -5.15. The summed E-state index contributed by atoms with van der Waals surface area (Å²) in [6.45, 7) is 0. The van der Waals surface area contributed by atoms with Gasteiger partial charge in [0.1, 0.15) is 11.5 Å². The van der Waals surface area contributed by atoms with Gasteiger partial charge in [-0.2, -0.15) is 0 Å². The standard InChI is InChI=1S/C34H26N2O6S/c1-40-27-15-12-20(17-28(27)41-2)31-25-14-11-19-7-3-4-8-22(19)30(25)35-34-36(31)32(37)29(43-34)18-21-13-16-26(42-21)23-9-5-6-10-24(23)33(38)39/h3-10,12-13,15-18,31H,11,14H2,1-2H3,(H,38,39). The lowest BCUT2D eigenvalue weighted by Gasteiger charge is -2.31. The number of hydrogen-bond acceptors (Lipinski definition) is 7. The van der Waals surface area contributed by atoms with E-state index in [2.05, 4.69) is 12.1 Å². The van der Waals surface area contributed by atoms with E-state index in [4.69, 9.17) is 18.9 Å². The van der Waals surface area contributed by atoms with Gasteiger partial charge in [0.25, 0.3) is 5.56 Å². The van der Waals surface area contributed by atoms with Crippen molar-refractivity contribution in [2.24, 2.45) is 4.99 Å². The molecule has 1 N–H and O–H groups in total. The average Bonchev–Trinajstić information content (AvgIpc) is 3.63. The number of aromatic carboxylic acids is 1. The molecule has 0 fully saturated rings. The fourth-order valence-corrected chi connectivity index (χ4v) is 6.92. The number of aromatic nitrogens is 1. The molecule has 9 heteroatoms. The molecule has 1 aliphatic carbocycles. The third-order valence-corrected chi connectivity index (χ3v) is 8.90. The number of methoxy groups -OCH3 is 2. The predicted molar refractivity (Wildman–Crippen MR) is 163 cm³/mol. The van der Waals surface area contributed by atoms with Gasteiger partial charge in [0.2, 0.25) is 0 Å². The van der Waals surface area contributed by atoms with Crippen molar-refractivity contribution >= 4 is 29.1 Å². The molecule has 8 nitrogen and oxygen atoms in total. The molecule has 2 aromatic heterocycles. The fraction of sp³-hybridized carbons (Fsp3) is 0.147. The van der Waals surface area contributed by atoms with E-state index in [1.165, 1.54) is 23.0 Å². The zero-order valence-electron chi connectivity index (χ0n) is 23.4. The Morgan fingerprint density at radius 3 is 2.53 bits per heavy atom. The number of rotatable bonds is 6. The minimum atomic E-state index is -1.04. The van der Waals surface area contributed by atoms with Crippen LogP contribution in [0.2, 0.25) is 0 Å². The van der Waals surface area contributed by atoms with Gasteiger partial charge in [0.05, 0.1) is 36.1 Å². The predicted octanol–water partition coefficient (Wildman–Crippen LogP) is 5.29. The van der Waals surface area contributed by atoms with Crippen molar-refractivity contribution in [2.75, 3.05) is 14.2 Å². The minimum Gasteiger partial charge on any atom is -0.493 e. The van der Waals surface area contributed by atoms with E-state index in [0.717, 1.165) is 35.2 Å². The molecule has 0 saturated heterocycles. The van der Waals surface area contributed by atoms with Crippen molar-refractivity contribution in [1.29, 1.82) is 0 Å². The number of carboxylic acid groups (broad SMARTS) is 1. The van der Waals surface area contributed by atoms with Crippen molar-refractivity contribution in [3.05, 3.63) is 132 Å². The number of aryl methyl sites for hydroxylation is 1. The summed E-state index contributed by atoms with van der Waals surface area (Å²) in [4.78, 5) is 31.5. The zero-order chi connectivity index (χ0) is 29.7. The number of ether oxygens (including phenoxy) is 2. The maximum Gasteiger partial charge on any atom is 0.336 e. The van der Waals surface area contributed by atoms with Crippen LogP contribution in [-0.4, -0.2) is 29.9 Å². The highest BCUT2D eigenvalue weighted by atomic mass is 32.1. The van der Waals surface area contributed by atoms with E-state index < -0.39 is 5.97 Å². The van der Waals surface area contributed by atoms with Gasteiger partial charge in [0, 0.05) is 17.2 Å². The first-order valence-electron chi connectivity index (χ1n) is 13.7. The smallest absolute Gasteiger partial charge is 0.336 e. The fourth-order valence-electron chi connectivity index (χ4n) is 5.93. The van der Waals surface area contributed by atoms with Gasteiger partial charge in [-0.1, -0.05) is 59.9 Å². The number of allylic oxidation sites excluding steroid dienone is 1. The number of hydrogen-bond donors (Lipinski definition) is 1. The lowest BCUT2D eigenvalue weighted by atomic mass is 9.83. The summed E-state index contributed by atoms with van der Waals surface area (Å²) in [7, 11) is 3.20. The largest absolute Gasteiger partial charge is 0.493 e. The van der Waals surface area contributed by atoms with Crippen LogP contribution in [0.5, 0.6) is 11.5 Å². The van der Waals surface area contributed by atoms with Crippen LogP contribution in [0.15, 0.2) is 98.6 Å². The van der Waals surface area contributed by atoms with Crippen LogP contribution in [0.1, 0.15) is 45.3 Å². The second-order valence-electron chi connectivity index (χ2n) is 10.3. The Morgan fingerprint density at radius 1 is 0.977 bits per heavy atom. The average molecular weight is 591 g/mol. The Morgan fingerprint density at radius 2 is 1.74 bits per heavy atom. The molecule has 43 heavy (non-hydrogen) atoms. The van der Waals surface area contributed by atoms with Crippen molar-refractivity contribution in [3.63, 3.8) is 0 Å². The number of thiazole rings is 1. The molecule has 0 radical (unpaired) electrons. The molecular formula is C34H26N2O6S. The van der Waals surface area contributed by atoms with Crippen molar-refractivity contribution < 1.29 is 23.8 Å². The van der Waals surface area contributed by atoms with Gasteiger partial charge in [-0.15, -0.1) is 0 Å².